The van der Waals surface area contributed by atoms with Crippen LogP contribution in [0.5, 0.6) is 5.75 Å². The number of amides is 1. The number of ether oxygens (including phenoxy) is 3. The third kappa shape index (κ3) is 4.84. The molecule has 2 rings (SSSR count). The van der Waals surface area contributed by atoms with Crippen molar-refractivity contribution in [2.24, 2.45) is 0 Å². The molecule has 0 spiro atoms. The standard InChI is InChI=1S/C16H22N2O5/c1-16(2,3)23-15(20)18-8-7-12(10-18)22-11-5-6-13(17-9-11)14(19)21-4/h5-6,9,12H,7-8,10H2,1-4H3/t12-/m1/s1. The Kier molecular flexibility index (Phi) is 5.08. The zero-order valence-corrected chi connectivity index (χ0v) is 13.9. The van der Waals surface area contributed by atoms with Crippen molar-refractivity contribution in [2.45, 2.75) is 38.9 Å². The summed E-state index contributed by atoms with van der Waals surface area (Å²) in [5, 5.41) is 0. The third-order valence-electron chi connectivity index (χ3n) is 3.23. The van der Waals surface area contributed by atoms with Gasteiger partial charge in [0.1, 0.15) is 23.1 Å². The van der Waals surface area contributed by atoms with Gasteiger partial charge in [0.05, 0.1) is 19.9 Å². The average molecular weight is 322 g/mol. The summed E-state index contributed by atoms with van der Waals surface area (Å²) in [6.45, 7) is 6.57. The van der Waals surface area contributed by atoms with Gasteiger partial charge in [0.25, 0.3) is 0 Å². The maximum absolute atomic E-state index is 12.0. The monoisotopic (exact) mass is 322 g/mol. The van der Waals surface area contributed by atoms with Gasteiger partial charge in [-0.1, -0.05) is 0 Å². The largest absolute Gasteiger partial charge is 0.487 e. The summed E-state index contributed by atoms with van der Waals surface area (Å²) < 4.78 is 15.7. The molecular weight excluding hydrogens is 300 g/mol. The Balaban J connectivity index is 1.88. The second-order valence-electron chi connectivity index (χ2n) is 6.33. The van der Waals surface area contributed by atoms with Crippen molar-refractivity contribution in [3.05, 3.63) is 24.0 Å². The molecule has 2 heterocycles. The number of aromatic nitrogens is 1. The van der Waals surface area contributed by atoms with Crippen LogP contribution >= 0.6 is 0 Å². The molecule has 1 aromatic heterocycles. The van der Waals surface area contributed by atoms with Crippen molar-refractivity contribution in [1.82, 2.24) is 9.88 Å². The summed E-state index contributed by atoms with van der Waals surface area (Å²) in [6, 6.07) is 3.21. The quantitative estimate of drug-likeness (QED) is 0.794. The van der Waals surface area contributed by atoms with Crippen LogP contribution in [-0.2, 0) is 9.47 Å². The fourth-order valence-electron chi connectivity index (χ4n) is 2.18. The molecule has 0 unspecified atom stereocenters. The number of hydrogen-bond acceptors (Lipinski definition) is 6. The normalized spacial score (nSPS) is 17.7. The Hall–Kier alpha value is -2.31. The van der Waals surface area contributed by atoms with E-state index in [2.05, 4.69) is 9.72 Å². The predicted molar refractivity (Wildman–Crippen MR) is 82.4 cm³/mol. The van der Waals surface area contributed by atoms with Crippen LogP contribution in [0.4, 0.5) is 4.79 Å². The maximum atomic E-state index is 12.0. The highest BCUT2D eigenvalue weighted by Crippen LogP contribution is 2.20. The first-order chi connectivity index (χ1) is 10.8. The number of esters is 1. The van der Waals surface area contributed by atoms with Gasteiger partial charge in [-0.2, -0.15) is 0 Å². The summed E-state index contributed by atoms with van der Waals surface area (Å²) in [4.78, 5) is 28.9. The number of nitrogens with zero attached hydrogens (tertiary/aromatic N) is 2. The van der Waals surface area contributed by atoms with Crippen molar-refractivity contribution in [1.29, 1.82) is 0 Å². The molecule has 7 nitrogen and oxygen atoms in total. The van der Waals surface area contributed by atoms with E-state index in [0.717, 1.165) is 6.42 Å². The summed E-state index contributed by atoms with van der Waals surface area (Å²) in [5.41, 5.74) is -0.287. The first kappa shape index (κ1) is 17.1. The van der Waals surface area contributed by atoms with Crippen LogP contribution in [0.15, 0.2) is 18.3 Å². The summed E-state index contributed by atoms with van der Waals surface area (Å²) >= 11 is 0. The highest BCUT2D eigenvalue weighted by atomic mass is 16.6. The van der Waals surface area contributed by atoms with E-state index < -0.39 is 11.6 Å². The molecule has 0 N–H and O–H groups in total. The topological polar surface area (TPSA) is 78.0 Å². The first-order valence-electron chi connectivity index (χ1n) is 7.47. The zero-order valence-electron chi connectivity index (χ0n) is 13.9. The van der Waals surface area contributed by atoms with Crippen LogP contribution < -0.4 is 4.74 Å². The Labute approximate surface area is 135 Å². The van der Waals surface area contributed by atoms with Crippen molar-refractivity contribution >= 4 is 12.1 Å². The number of pyridine rings is 1. The van der Waals surface area contributed by atoms with Crippen LogP contribution in [0, 0.1) is 0 Å². The molecule has 1 aliphatic rings. The molecule has 126 valence electrons. The van der Waals surface area contributed by atoms with Crippen LogP contribution in [-0.4, -0.2) is 53.9 Å². The number of hydrogen-bond donors (Lipinski definition) is 0. The average Bonchev–Trinajstić information content (AvgIpc) is 2.94. The second-order valence-corrected chi connectivity index (χ2v) is 6.33. The lowest BCUT2D eigenvalue weighted by Crippen LogP contribution is -2.36. The molecule has 1 aromatic rings. The van der Waals surface area contributed by atoms with Crippen LogP contribution in [0.3, 0.4) is 0 Å². The first-order valence-corrected chi connectivity index (χ1v) is 7.47. The number of methoxy groups -OCH3 is 1. The molecule has 7 heteroatoms. The van der Waals surface area contributed by atoms with E-state index in [9.17, 15) is 9.59 Å². The van der Waals surface area contributed by atoms with Gasteiger partial charge in [-0.3, -0.25) is 0 Å². The van der Waals surface area contributed by atoms with Gasteiger partial charge >= 0.3 is 12.1 Å². The summed E-state index contributed by atoms with van der Waals surface area (Å²) in [6.07, 6.45) is 1.75. The molecule has 0 radical (unpaired) electrons. The fourth-order valence-corrected chi connectivity index (χ4v) is 2.18. The lowest BCUT2D eigenvalue weighted by Gasteiger charge is -2.24. The lowest BCUT2D eigenvalue weighted by molar-refractivity contribution is 0.0275. The van der Waals surface area contributed by atoms with Crippen molar-refractivity contribution in [3.8, 4) is 5.75 Å². The van der Waals surface area contributed by atoms with E-state index in [0.29, 0.717) is 18.8 Å². The van der Waals surface area contributed by atoms with E-state index in [-0.39, 0.29) is 17.9 Å². The number of rotatable bonds is 3. The van der Waals surface area contributed by atoms with Crippen LogP contribution in [0.25, 0.3) is 0 Å². The van der Waals surface area contributed by atoms with Crippen molar-refractivity contribution in [3.63, 3.8) is 0 Å². The minimum atomic E-state index is -0.510. The van der Waals surface area contributed by atoms with Gasteiger partial charge in [0.2, 0.25) is 0 Å². The van der Waals surface area contributed by atoms with E-state index in [1.165, 1.54) is 13.3 Å². The molecule has 1 aliphatic heterocycles. The molecular formula is C16H22N2O5. The highest BCUT2D eigenvalue weighted by Gasteiger charge is 2.30. The molecule has 1 amide bonds. The Morgan fingerprint density at radius 1 is 1.30 bits per heavy atom. The van der Waals surface area contributed by atoms with E-state index in [1.807, 2.05) is 20.8 Å². The summed E-state index contributed by atoms with van der Waals surface area (Å²) in [7, 11) is 1.30. The molecule has 0 aromatic carbocycles. The van der Waals surface area contributed by atoms with Gasteiger partial charge < -0.3 is 19.1 Å². The molecule has 1 saturated heterocycles. The molecule has 1 fully saturated rings. The van der Waals surface area contributed by atoms with Gasteiger partial charge in [-0.15, -0.1) is 0 Å². The number of likely N-dealkylation sites (tertiary alicyclic amines) is 1. The predicted octanol–water partition coefficient (Wildman–Crippen LogP) is 2.26. The minimum absolute atomic E-state index is 0.117. The lowest BCUT2D eigenvalue weighted by atomic mass is 10.2. The van der Waals surface area contributed by atoms with Gasteiger partial charge in [0, 0.05) is 13.0 Å². The maximum Gasteiger partial charge on any atom is 0.410 e. The van der Waals surface area contributed by atoms with Crippen LogP contribution in [0.1, 0.15) is 37.7 Å². The minimum Gasteiger partial charge on any atom is -0.487 e. The fraction of sp³-hybridized carbons (Fsp3) is 0.562. The zero-order chi connectivity index (χ0) is 17.0. The van der Waals surface area contributed by atoms with E-state index in [1.54, 1.807) is 17.0 Å². The van der Waals surface area contributed by atoms with Crippen LogP contribution in [0.2, 0.25) is 0 Å². The second kappa shape index (κ2) is 6.85. The van der Waals surface area contributed by atoms with Gasteiger partial charge in [0.15, 0.2) is 0 Å². The Morgan fingerprint density at radius 2 is 2.04 bits per heavy atom. The SMILES string of the molecule is COC(=O)c1ccc(O[C@@H]2CCN(C(=O)OC(C)(C)C)C2)cn1. The smallest absolute Gasteiger partial charge is 0.410 e. The Morgan fingerprint density at radius 3 is 2.61 bits per heavy atom. The van der Waals surface area contributed by atoms with E-state index >= 15 is 0 Å². The highest BCUT2D eigenvalue weighted by molar-refractivity contribution is 5.87. The number of carbonyl (C=O) groups excluding carboxylic acids is 2. The molecule has 0 bridgehead atoms. The number of carbonyl (C=O) groups is 2. The molecule has 0 saturated carbocycles. The molecule has 1 atom stereocenters. The van der Waals surface area contributed by atoms with Crippen molar-refractivity contribution in [2.75, 3.05) is 20.2 Å². The van der Waals surface area contributed by atoms with Crippen molar-refractivity contribution < 1.29 is 23.8 Å². The van der Waals surface area contributed by atoms with Gasteiger partial charge in [-0.05, 0) is 32.9 Å². The van der Waals surface area contributed by atoms with E-state index in [4.69, 9.17) is 9.47 Å². The Bertz CT molecular complexity index is 565. The molecule has 0 aliphatic carbocycles. The third-order valence-corrected chi connectivity index (χ3v) is 3.23. The summed E-state index contributed by atoms with van der Waals surface area (Å²) in [5.74, 6) is 0.0576. The van der Waals surface area contributed by atoms with Gasteiger partial charge in [-0.25, -0.2) is 14.6 Å². The molecule has 23 heavy (non-hydrogen) atoms.